The molecule has 0 saturated heterocycles. The summed E-state index contributed by atoms with van der Waals surface area (Å²) in [4.78, 5) is 0. The quantitative estimate of drug-likeness (QED) is 0.518. The van der Waals surface area contributed by atoms with Crippen molar-refractivity contribution in [2.24, 2.45) is 5.92 Å². The monoisotopic (exact) mass is 204 g/mol. The van der Waals surface area contributed by atoms with Gasteiger partial charge in [-0.1, -0.05) is 12.8 Å². The van der Waals surface area contributed by atoms with Gasteiger partial charge in [0.25, 0.3) is 0 Å². The molecule has 1 aliphatic carbocycles. The summed E-state index contributed by atoms with van der Waals surface area (Å²) in [6.07, 6.45) is 2.96. The van der Waals surface area contributed by atoms with Crippen molar-refractivity contribution >= 4 is 31.1 Å². The smallest absolute Gasteiger partial charge is 0.391 e. The molecular weight excluding hydrogens is 196 g/mol. The molecule has 0 aromatic carbocycles. The van der Waals surface area contributed by atoms with Gasteiger partial charge in [0.1, 0.15) is 0 Å². The van der Waals surface area contributed by atoms with Gasteiger partial charge >= 0.3 is 18.2 Å². The van der Waals surface area contributed by atoms with E-state index in [1.165, 1.54) is 12.8 Å². The first-order valence-electron chi connectivity index (χ1n) is 3.15. The predicted molar refractivity (Wildman–Crippen MR) is 39.2 cm³/mol. The van der Waals surface area contributed by atoms with E-state index < -0.39 is 22.1 Å². The van der Waals surface area contributed by atoms with Crippen molar-refractivity contribution in [3.8, 4) is 0 Å². The van der Waals surface area contributed by atoms with Gasteiger partial charge in [-0.25, -0.2) is 0 Å². The van der Waals surface area contributed by atoms with Gasteiger partial charge in [0.15, 0.2) is 0 Å². The molecule has 1 aliphatic rings. The largest absolute Gasteiger partial charge is 0.554 e. The van der Waals surface area contributed by atoms with Gasteiger partial charge < -0.3 is 10.2 Å². The second-order valence-corrected chi connectivity index (χ2v) is 5.85. The minimum absolute atomic E-state index is 0.588. The molecule has 1 rings (SSSR count). The maximum Gasteiger partial charge on any atom is 0.554 e. The molecule has 0 aliphatic heterocycles. The summed E-state index contributed by atoms with van der Waals surface area (Å²) in [7, 11) is 0. The van der Waals surface area contributed by atoms with Crippen LogP contribution >= 0.6 is 12.9 Å². The van der Waals surface area contributed by atoms with E-state index in [1.807, 2.05) is 0 Å². The number of rotatable bonds is 3. The van der Waals surface area contributed by atoms with E-state index in [-0.39, 0.29) is 0 Å². The van der Waals surface area contributed by atoms with E-state index >= 15 is 0 Å². The summed E-state index contributed by atoms with van der Waals surface area (Å²) in [6.45, 7) is 0. The molecule has 50 valence electrons. The fourth-order valence-corrected chi connectivity index (χ4v) is 2.04. The summed E-state index contributed by atoms with van der Waals surface area (Å²) in [5, 5.41) is 18.2. The first-order valence-corrected chi connectivity index (χ1v) is 7.75. The molecule has 0 radical (unpaired) electrons. The van der Waals surface area contributed by atoms with Gasteiger partial charge in [0, 0.05) is 0 Å². The van der Waals surface area contributed by atoms with Crippen molar-refractivity contribution < 1.29 is 10.2 Å². The Morgan fingerprint density at radius 3 is 2.44 bits per heavy atom. The lowest BCUT2D eigenvalue weighted by Gasteiger charge is -2.18. The van der Waals surface area contributed by atoms with Crippen LogP contribution < -0.4 is 0 Å². The number of halogens is 1. The van der Waals surface area contributed by atoms with Crippen LogP contribution in [-0.2, 0) is 0 Å². The molecule has 0 amide bonds. The van der Waals surface area contributed by atoms with Gasteiger partial charge in [-0.15, -0.1) is 0 Å². The zero-order chi connectivity index (χ0) is 6.91. The SMILES string of the molecule is O[C](O)(CC1CC1)[Mg][Br]. The van der Waals surface area contributed by atoms with Crippen molar-refractivity contribution in [1.82, 2.24) is 0 Å². The number of hydrogen-bond donors (Lipinski definition) is 2. The van der Waals surface area contributed by atoms with E-state index in [1.54, 1.807) is 0 Å². The molecule has 1 saturated carbocycles. The van der Waals surface area contributed by atoms with E-state index in [0.29, 0.717) is 12.3 Å². The molecule has 0 unspecified atom stereocenters. The fraction of sp³-hybridized carbons (Fsp3) is 1.00. The third-order valence-corrected chi connectivity index (χ3v) is 4.94. The van der Waals surface area contributed by atoms with Crippen molar-refractivity contribution in [2.75, 3.05) is 0 Å². The standard InChI is InChI=1S/C5H9O2.BrH.Mg/c6-5(7)3-4-1-2-4;;/h4,6-7H,1-3H2;1H;/q;;+1/p-1. The minimum Gasteiger partial charge on any atom is -0.391 e. The normalized spacial score (nSPS) is 19.4. The lowest BCUT2D eigenvalue weighted by atomic mass is 10.3. The second-order valence-electron chi connectivity index (χ2n) is 2.76. The van der Waals surface area contributed by atoms with Gasteiger partial charge in [0.05, 0.1) is 3.92 Å². The Hall–Kier alpha value is 1.17. The highest BCUT2D eigenvalue weighted by molar-refractivity contribution is 9.23. The Kier molecular flexibility index (Phi) is 2.80. The second kappa shape index (κ2) is 3.05. The Labute approximate surface area is 70.2 Å². The maximum absolute atomic E-state index is 9.10. The third-order valence-electron chi connectivity index (χ3n) is 1.53. The van der Waals surface area contributed by atoms with Crippen LogP contribution in [-0.4, -0.2) is 32.3 Å². The molecular formula is C5H9BrMgO2. The van der Waals surface area contributed by atoms with Crippen molar-refractivity contribution in [3.05, 3.63) is 0 Å². The summed E-state index contributed by atoms with van der Waals surface area (Å²) in [6, 6.07) is 0. The Bertz CT molecular complexity index is 103. The summed E-state index contributed by atoms with van der Waals surface area (Å²) < 4.78 is -1.32. The molecule has 2 nitrogen and oxygen atoms in total. The highest BCUT2D eigenvalue weighted by atomic mass is 79.9. The first kappa shape index (κ1) is 8.26. The molecule has 1 fully saturated rings. The summed E-state index contributed by atoms with van der Waals surface area (Å²) >= 11 is 2.33. The maximum atomic E-state index is 9.10. The summed E-state index contributed by atoms with van der Waals surface area (Å²) in [5.41, 5.74) is 0. The molecule has 9 heavy (non-hydrogen) atoms. The van der Waals surface area contributed by atoms with Crippen LogP contribution in [0.15, 0.2) is 0 Å². The lowest BCUT2D eigenvalue weighted by Crippen LogP contribution is -2.33. The molecule has 2 N–H and O–H groups in total. The van der Waals surface area contributed by atoms with Gasteiger partial charge in [-0.2, -0.15) is 0 Å². The van der Waals surface area contributed by atoms with Crippen molar-refractivity contribution in [1.29, 1.82) is 0 Å². The van der Waals surface area contributed by atoms with Crippen LogP contribution in [0, 0.1) is 5.92 Å². The molecule has 4 heteroatoms. The first-order chi connectivity index (χ1) is 4.14. The Balaban J connectivity index is 2.21. The van der Waals surface area contributed by atoms with Crippen LogP contribution in [0.3, 0.4) is 0 Å². The van der Waals surface area contributed by atoms with E-state index in [2.05, 4.69) is 12.9 Å². The van der Waals surface area contributed by atoms with E-state index in [0.717, 1.165) is 0 Å². The zero-order valence-corrected chi connectivity index (χ0v) is 8.18. The van der Waals surface area contributed by atoms with Crippen molar-refractivity contribution in [2.45, 2.75) is 23.2 Å². The molecule has 0 aromatic heterocycles. The van der Waals surface area contributed by atoms with Crippen LogP contribution in [0.2, 0.25) is 0 Å². The average molecular weight is 205 g/mol. The van der Waals surface area contributed by atoms with Crippen LogP contribution in [0.1, 0.15) is 19.3 Å². The molecule has 0 atom stereocenters. The number of aliphatic hydroxyl groups is 2. The van der Waals surface area contributed by atoms with E-state index in [9.17, 15) is 0 Å². The molecule has 0 aromatic rings. The molecule has 0 heterocycles. The van der Waals surface area contributed by atoms with Gasteiger partial charge in [0.2, 0.25) is 0 Å². The zero-order valence-electron chi connectivity index (χ0n) is 5.18. The Morgan fingerprint density at radius 2 is 2.11 bits per heavy atom. The number of hydrogen-bond acceptors (Lipinski definition) is 2. The predicted octanol–water partition coefficient (Wildman–Crippen LogP) is 0.439. The molecule has 0 spiro atoms. The third kappa shape index (κ3) is 3.18. The van der Waals surface area contributed by atoms with Crippen LogP contribution in [0.25, 0.3) is 0 Å². The Morgan fingerprint density at radius 1 is 1.56 bits per heavy atom. The van der Waals surface area contributed by atoms with Gasteiger partial charge in [-0.05, 0) is 12.3 Å². The fourth-order valence-electron chi connectivity index (χ4n) is 0.839. The minimum atomic E-state index is -1.32. The molecule has 0 bridgehead atoms. The van der Waals surface area contributed by atoms with Gasteiger partial charge in [-0.3, -0.25) is 12.9 Å². The van der Waals surface area contributed by atoms with Crippen LogP contribution in [0.4, 0.5) is 0 Å². The van der Waals surface area contributed by atoms with Crippen LogP contribution in [0.5, 0.6) is 0 Å². The van der Waals surface area contributed by atoms with Crippen molar-refractivity contribution in [3.63, 3.8) is 0 Å². The highest BCUT2D eigenvalue weighted by Gasteiger charge is 2.33. The average Bonchev–Trinajstić information content (AvgIpc) is 2.50. The van der Waals surface area contributed by atoms with E-state index in [4.69, 9.17) is 10.2 Å². The highest BCUT2D eigenvalue weighted by Crippen LogP contribution is 2.35. The topological polar surface area (TPSA) is 40.5 Å². The lowest BCUT2D eigenvalue weighted by molar-refractivity contribution is -0.0945. The summed E-state index contributed by atoms with van der Waals surface area (Å²) in [5.74, 6) is 0.602.